The largest absolute Gasteiger partial charge is 0.392 e. The van der Waals surface area contributed by atoms with E-state index in [4.69, 9.17) is 11.2 Å². The summed E-state index contributed by atoms with van der Waals surface area (Å²) >= 11 is 0. The van der Waals surface area contributed by atoms with Gasteiger partial charge in [-0.1, -0.05) is 12.8 Å². The number of hydrogen-bond donors (Lipinski definition) is 3. The van der Waals surface area contributed by atoms with Crippen LogP contribution in [0.1, 0.15) is 18.7 Å². The highest BCUT2D eigenvalue weighted by Gasteiger charge is 2.52. The van der Waals surface area contributed by atoms with Gasteiger partial charge >= 0.3 is 5.69 Å². The second kappa shape index (κ2) is 4.90. The fourth-order valence-corrected chi connectivity index (χ4v) is 2.35. The number of aromatic amines is 1. The molecule has 0 amide bonds. The summed E-state index contributed by atoms with van der Waals surface area (Å²) in [6.07, 6.45) is 4.68. The van der Waals surface area contributed by atoms with E-state index in [1.165, 1.54) is 10.8 Å². The van der Waals surface area contributed by atoms with Crippen molar-refractivity contribution >= 4 is 0 Å². The number of H-pyrrole nitrogens is 1. The van der Waals surface area contributed by atoms with Crippen molar-refractivity contribution in [3.05, 3.63) is 32.6 Å². The van der Waals surface area contributed by atoms with Crippen molar-refractivity contribution in [2.45, 2.75) is 31.8 Å². The Morgan fingerprint density at radius 1 is 1.60 bits per heavy atom. The monoisotopic (exact) mass is 280 g/mol. The number of aryl methyl sites for hydroxylation is 1. The first-order chi connectivity index (χ1) is 9.36. The first kappa shape index (κ1) is 14.5. The number of nitrogens with zero attached hydrogens (tertiary/aromatic N) is 1. The Bertz CT molecular complexity index is 671. The number of hydrogen-bond acceptors (Lipinski definition) is 5. The SMILES string of the molecule is C#C[C@]1(CO)O[C@@H](n2cc(C)c(=O)[nH]c2=O)C(C)C1O. The Morgan fingerprint density at radius 2 is 2.25 bits per heavy atom. The minimum Gasteiger partial charge on any atom is -0.392 e. The molecule has 1 aliphatic heterocycles. The summed E-state index contributed by atoms with van der Waals surface area (Å²) in [4.78, 5) is 25.4. The van der Waals surface area contributed by atoms with E-state index in [-0.39, 0.29) is 0 Å². The third-order valence-electron chi connectivity index (χ3n) is 3.66. The minimum absolute atomic E-state index is 0.331. The molecular formula is C13H16N2O5. The lowest BCUT2D eigenvalue weighted by atomic mass is 9.92. The van der Waals surface area contributed by atoms with Crippen LogP contribution >= 0.6 is 0 Å². The molecule has 7 heteroatoms. The van der Waals surface area contributed by atoms with Crippen molar-refractivity contribution in [1.82, 2.24) is 9.55 Å². The predicted molar refractivity (Wildman–Crippen MR) is 70.0 cm³/mol. The maximum atomic E-state index is 11.9. The predicted octanol–water partition coefficient (Wildman–Crippen LogP) is -1.26. The molecule has 20 heavy (non-hydrogen) atoms. The van der Waals surface area contributed by atoms with Gasteiger partial charge in [-0.25, -0.2) is 4.79 Å². The van der Waals surface area contributed by atoms with Crippen LogP contribution in [0, 0.1) is 25.2 Å². The van der Waals surface area contributed by atoms with E-state index >= 15 is 0 Å². The van der Waals surface area contributed by atoms with E-state index in [0.717, 1.165) is 0 Å². The molecule has 0 spiro atoms. The number of aliphatic hydroxyl groups is 2. The lowest BCUT2D eigenvalue weighted by molar-refractivity contribution is -0.0919. The van der Waals surface area contributed by atoms with Crippen molar-refractivity contribution in [2.24, 2.45) is 5.92 Å². The van der Waals surface area contributed by atoms with Gasteiger partial charge in [-0.15, -0.1) is 6.42 Å². The molecule has 0 aliphatic carbocycles. The lowest BCUT2D eigenvalue weighted by Crippen LogP contribution is -2.43. The van der Waals surface area contributed by atoms with Gasteiger partial charge in [-0.2, -0.15) is 0 Å². The lowest BCUT2D eigenvalue weighted by Gasteiger charge is -2.23. The third-order valence-corrected chi connectivity index (χ3v) is 3.66. The summed E-state index contributed by atoms with van der Waals surface area (Å²) in [6.45, 7) is 2.63. The summed E-state index contributed by atoms with van der Waals surface area (Å²) in [7, 11) is 0. The first-order valence-electron chi connectivity index (χ1n) is 6.13. The van der Waals surface area contributed by atoms with Gasteiger partial charge in [0.05, 0.1) is 6.61 Å². The molecular weight excluding hydrogens is 264 g/mol. The van der Waals surface area contributed by atoms with Crippen LogP contribution in [0.4, 0.5) is 0 Å². The molecule has 1 aromatic rings. The molecule has 4 atom stereocenters. The second-order valence-corrected chi connectivity index (χ2v) is 4.98. The number of aliphatic hydroxyl groups excluding tert-OH is 2. The van der Waals surface area contributed by atoms with E-state index in [2.05, 4.69) is 10.9 Å². The zero-order valence-electron chi connectivity index (χ0n) is 11.2. The van der Waals surface area contributed by atoms with E-state index in [9.17, 15) is 19.8 Å². The molecule has 0 bridgehead atoms. The maximum absolute atomic E-state index is 11.9. The Kier molecular flexibility index (Phi) is 3.56. The molecule has 1 aromatic heterocycles. The molecule has 2 heterocycles. The molecule has 0 radical (unpaired) electrons. The maximum Gasteiger partial charge on any atom is 0.330 e. The van der Waals surface area contributed by atoms with Gasteiger partial charge in [0.25, 0.3) is 5.56 Å². The van der Waals surface area contributed by atoms with E-state index in [1.807, 2.05) is 0 Å². The summed E-state index contributed by atoms with van der Waals surface area (Å²) in [5, 5.41) is 19.5. The summed E-state index contributed by atoms with van der Waals surface area (Å²) in [5.74, 6) is 1.72. The average molecular weight is 280 g/mol. The zero-order valence-corrected chi connectivity index (χ0v) is 11.2. The van der Waals surface area contributed by atoms with Crippen LogP contribution in [0.2, 0.25) is 0 Å². The molecule has 1 saturated heterocycles. The average Bonchev–Trinajstić information content (AvgIpc) is 2.68. The summed E-state index contributed by atoms with van der Waals surface area (Å²) in [6, 6.07) is 0. The van der Waals surface area contributed by atoms with E-state index in [0.29, 0.717) is 5.56 Å². The van der Waals surface area contributed by atoms with E-state index < -0.39 is 41.7 Å². The summed E-state index contributed by atoms with van der Waals surface area (Å²) in [5.41, 5.74) is -2.36. The van der Waals surface area contributed by atoms with Crippen LogP contribution in [0.5, 0.6) is 0 Å². The number of nitrogens with one attached hydrogen (secondary N) is 1. The molecule has 0 aromatic carbocycles. The molecule has 1 fully saturated rings. The van der Waals surface area contributed by atoms with E-state index in [1.54, 1.807) is 13.8 Å². The highest BCUT2D eigenvalue weighted by molar-refractivity contribution is 5.17. The molecule has 2 unspecified atom stereocenters. The van der Waals surface area contributed by atoms with Gasteiger partial charge in [0, 0.05) is 17.7 Å². The fraction of sp³-hybridized carbons (Fsp3) is 0.538. The number of ether oxygens (including phenoxy) is 1. The highest BCUT2D eigenvalue weighted by atomic mass is 16.6. The Morgan fingerprint density at radius 3 is 2.75 bits per heavy atom. The smallest absolute Gasteiger partial charge is 0.330 e. The van der Waals surface area contributed by atoms with Crippen molar-refractivity contribution in [2.75, 3.05) is 6.61 Å². The topological polar surface area (TPSA) is 105 Å². The van der Waals surface area contributed by atoms with Gasteiger partial charge in [0.15, 0.2) is 5.60 Å². The zero-order chi connectivity index (χ0) is 15.1. The van der Waals surface area contributed by atoms with Crippen LogP contribution in [-0.4, -0.2) is 38.1 Å². The van der Waals surface area contributed by atoms with Gasteiger partial charge in [0.1, 0.15) is 12.3 Å². The van der Waals surface area contributed by atoms with Crippen LogP contribution in [-0.2, 0) is 4.74 Å². The quantitative estimate of drug-likeness (QED) is 0.586. The van der Waals surface area contributed by atoms with Gasteiger partial charge in [-0.05, 0) is 6.92 Å². The first-order valence-corrected chi connectivity index (χ1v) is 6.13. The highest BCUT2D eigenvalue weighted by Crippen LogP contribution is 2.40. The van der Waals surface area contributed by atoms with Gasteiger partial charge < -0.3 is 14.9 Å². The molecule has 108 valence electrons. The van der Waals surface area contributed by atoms with Crippen LogP contribution < -0.4 is 11.2 Å². The Hall–Kier alpha value is -1.88. The van der Waals surface area contributed by atoms with Crippen molar-refractivity contribution < 1.29 is 14.9 Å². The molecule has 2 rings (SSSR count). The normalized spacial score (nSPS) is 33.0. The molecule has 1 aliphatic rings. The Balaban J connectivity index is 2.51. The number of aromatic nitrogens is 2. The van der Waals surface area contributed by atoms with Crippen molar-refractivity contribution in [1.29, 1.82) is 0 Å². The third kappa shape index (κ3) is 1.98. The molecule has 0 saturated carbocycles. The second-order valence-electron chi connectivity index (χ2n) is 4.98. The van der Waals surface area contributed by atoms with Gasteiger partial charge in [0.2, 0.25) is 0 Å². The van der Waals surface area contributed by atoms with Crippen molar-refractivity contribution in [3.8, 4) is 12.3 Å². The molecule has 3 N–H and O–H groups in total. The van der Waals surface area contributed by atoms with Gasteiger partial charge in [-0.3, -0.25) is 14.3 Å². The number of rotatable bonds is 2. The fourth-order valence-electron chi connectivity index (χ4n) is 2.35. The van der Waals surface area contributed by atoms with Crippen LogP contribution in [0.3, 0.4) is 0 Å². The standard InChI is InChI=1S/C13H16N2O5/c1-4-13(6-16)9(17)8(3)11(20-13)15-5-7(2)10(18)14-12(15)19/h1,5,8-9,11,16-17H,6H2,2-3H3,(H,14,18,19)/t8?,9?,11-,13-/m1/s1. The molecule has 7 nitrogen and oxygen atoms in total. The van der Waals surface area contributed by atoms with Crippen molar-refractivity contribution in [3.63, 3.8) is 0 Å². The van der Waals surface area contributed by atoms with Crippen LogP contribution in [0.25, 0.3) is 0 Å². The Labute approximate surface area is 114 Å². The summed E-state index contributed by atoms with van der Waals surface area (Å²) < 4.78 is 6.70. The minimum atomic E-state index is -1.55. The number of terminal acetylenes is 1. The van der Waals surface area contributed by atoms with Crippen LogP contribution in [0.15, 0.2) is 15.8 Å².